The predicted molar refractivity (Wildman–Crippen MR) is 101 cm³/mol. The second-order valence-corrected chi connectivity index (χ2v) is 5.62. The van der Waals surface area contributed by atoms with Crippen molar-refractivity contribution in [2.45, 2.75) is 0 Å². The molecule has 26 heavy (non-hydrogen) atoms. The van der Waals surface area contributed by atoms with Crippen LogP contribution in [0.25, 0.3) is 22.8 Å². The van der Waals surface area contributed by atoms with Gasteiger partial charge in [-0.25, -0.2) is 0 Å². The van der Waals surface area contributed by atoms with Crippen molar-refractivity contribution in [3.63, 3.8) is 0 Å². The zero-order valence-electron chi connectivity index (χ0n) is 14.0. The number of hydrogen-bond donors (Lipinski definition) is 4. The number of hydrogen-bond acceptors (Lipinski definition) is 6. The van der Waals surface area contributed by atoms with Crippen molar-refractivity contribution in [3.8, 4) is 22.8 Å². The summed E-state index contributed by atoms with van der Waals surface area (Å²) in [5.41, 5.74) is 3.50. The lowest BCUT2D eigenvalue weighted by molar-refractivity contribution is 1.01. The predicted octanol–water partition coefficient (Wildman–Crippen LogP) is 2.78. The Morgan fingerprint density at radius 3 is 1.62 bits per heavy atom. The third-order valence-electron chi connectivity index (χ3n) is 3.77. The molecule has 0 amide bonds. The monoisotopic (exact) mass is 346 g/mol. The SMILES string of the molecule is c1ccc(-c2cc(NCCNc3cc(-c4ccccn4)[nH]n3)n[nH]2)nc1. The Labute approximate surface area is 150 Å². The van der Waals surface area contributed by atoms with E-state index < -0.39 is 0 Å². The average Bonchev–Trinajstić information content (AvgIpc) is 3.37. The summed E-state index contributed by atoms with van der Waals surface area (Å²) in [6, 6.07) is 15.4. The van der Waals surface area contributed by atoms with Crippen LogP contribution in [-0.4, -0.2) is 43.5 Å². The molecule has 4 N–H and O–H groups in total. The van der Waals surface area contributed by atoms with Gasteiger partial charge in [0.15, 0.2) is 0 Å². The van der Waals surface area contributed by atoms with E-state index in [-0.39, 0.29) is 0 Å². The molecule has 0 radical (unpaired) electrons. The Morgan fingerprint density at radius 1 is 0.692 bits per heavy atom. The van der Waals surface area contributed by atoms with E-state index in [0.717, 1.165) is 34.4 Å². The van der Waals surface area contributed by atoms with Gasteiger partial charge in [-0.2, -0.15) is 10.2 Å². The van der Waals surface area contributed by atoms with Gasteiger partial charge < -0.3 is 10.6 Å². The molecule has 130 valence electrons. The van der Waals surface area contributed by atoms with Gasteiger partial charge in [-0.3, -0.25) is 20.2 Å². The molecule has 8 nitrogen and oxygen atoms in total. The van der Waals surface area contributed by atoms with E-state index in [1.807, 2.05) is 48.5 Å². The normalized spacial score (nSPS) is 10.6. The molecule has 4 heterocycles. The summed E-state index contributed by atoms with van der Waals surface area (Å²) in [5, 5.41) is 21.0. The van der Waals surface area contributed by atoms with Gasteiger partial charge in [-0.05, 0) is 24.3 Å². The molecule has 0 atom stereocenters. The summed E-state index contributed by atoms with van der Waals surface area (Å²) < 4.78 is 0. The van der Waals surface area contributed by atoms with E-state index >= 15 is 0 Å². The Kier molecular flexibility index (Phi) is 4.55. The summed E-state index contributed by atoms with van der Waals surface area (Å²) >= 11 is 0. The smallest absolute Gasteiger partial charge is 0.148 e. The standard InChI is InChI=1S/C18H18N8/c1-3-7-19-13(5-1)15-11-17(25-23-15)21-9-10-22-18-12-16(24-26-18)14-6-2-4-8-20-14/h1-8,11-12H,9-10H2,(H2,21,23,25)(H2,22,24,26). The highest BCUT2D eigenvalue weighted by molar-refractivity contribution is 5.59. The van der Waals surface area contributed by atoms with Gasteiger partial charge in [0.05, 0.1) is 22.8 Å². The summed E-state index contributed by atoms with van der Waals surface area (Å²) in [5.74, 6) is 1.56. The summed E-state index contributed by atoms with van der Waals surface area (Å²) in [7, 11) is 0. The Morgan fingerprint density at radius 2 is 1.19 bits per heavy atom. The van der Waals surface area contributed by atoms with E-state index in [1.165, 1.54) is 0 Å². The number of anilines is 2. The highest BCUT2D eigenvalue weighted by Crippen LogP contribution is 2.17. The molecule has 4 rings (SSSR count). The minimum atomic E-state index is 0.707. The largest absolute Gasteiger partial charge is 0.367 e. The van der Waals surface area contributed by atoms with Crippen LogP contribution < -0.4 is 10.6 Å². The Balaban J connectivity index is 1.27. The van der Waals surface area contributed by atoms with Gasteiger partial charge in [-0.1, -0.05) is 12.1 Å². The van der Waals surface area contributed by atoms with Crippen LogP contribution >= 0.6 is 0 Å². The number of aromatic amines is 2. The first kappa shape index (κ1) is 15.8. The second-order valence-electron chi connectivity index (χ2n) is 5.62. The topological polar surface area (TPSA) is 107 Å². The van der Waals surface area contributed by atoms with Gasteiger partial charge >= 0.3 is 0 Å². The third kappa shape index (κ3) is 3.69. The molecule has 8 heteroatoms. The molecule has 4 aromatic rings. The van der Waals surface area contributed by atoms with Crippen molar-refractivity contribution in [1.29, 1.82) is 0 Å². The first-order valence-corrected chi connectivity index (χ1v) is 8.30. The molecular weight excluding hydrogens is 328 g/mol. The van der Waals surface area contributed by atoms with E-state index in [4.69, 9.17) is 0 Å². The molecule has 0 bridgehead atoms. The van der Waals surface area contributed by atoms with Gasteiger partial charge in [0.25, 0.3) is 0 Å². The number of H-pyrrole nitrogens is 2. The molecule has 0 aliphatic carbocycles. The van der Waals surface area contributed by atoms with Crippen LogP contribution in [0.3, 0.4) is 0 Å². The van der Waals surface area contributed by atoms with Crippen LogP contribution in [0.4, 0.5) is 11.6 Å². The molecule has 0 spiro atoms. The van der Waals surface area contributed by atoms with Gasteiger partial charge in [0.1, 0.15) is 11.6 Å². The lowest BCUT2D eigenvalue weighted by Gasteiger charge is -2.03. The molecular formula is C18H18N8. The zero-order chi connectivity index (χ0) is 17.6. The van der Waals surface area contributed by atoms with Crippen molar-refractivity contribution < 1.29 is 0 Å². The van der Waals surface area contributed by atoms with Gasteiger partial charge in [0.2, 0.25) is 0 Å². The van der Waals surface area contributed by atoms with Crippen molar-refractivity contribution >= 4 is 11.6 Å². The van der Waals surface area contributed by atoms with Crippen molar-refractivity contribution in [1.82, 2.24) is 30.4 Å². The van der Waals surface area contributed by atoms with Crippen LogP contribution in [0.2, 0.25) is 0 Å². The minimum Gasteiger partial charge on any atom is -0.367 e. The minimum absolute atomic E-state index is 0.707. The van der Waals surface area contributed by atoms with Crippen LogP contribution in [0.15, 0.2) is 60.9 Å². The Bertz CT molecular complexity index is 866. The molecule has 0 aromatic carbocycles. The molecule has 4 aromatic heterocycles. The third-order valence-corrected chi connectivity index (χ3v) is 3.77. The highest BCUT2D eigenvalue weighted by atomic mass is 15.2. The maximum absolute atomic E-state index is 4.30. The van der Waals surface area contributed by atoms with Crippen molar-refractivity contribution in [3.05, 3.63) is 60.9 Å². The van der Waals surface area contributed by atoms with Crippen LogP contribution in [0.1, 0.15) is 0 Å². The summed E-state index contributed by atoms with van der Waals surface area (Å²) in [4.78, 5) is 8.60. The maximum atomic E-state index is 4.30. The lowest BCUT2D eigenvalue weighted by Crippen LogP contribution is -2.13. The van der Waals surface area contributed by atoms with E-state index in [9.17, 15) is 0 Å². The molecule has 0 saturated heterocycles. The fraction of sp³-hybridized carbons (Fsp3) is 0.111. The van der Waals surface area contributed by atoms with E-state index in [2.05, 4.69) is 41.0 Å². The quantitative estimate of drug-likeness (QED) is 0.383. The van der Waals surface area contributed by atoms with E-state index in [1.54, 1.807) is 12.4 Å². The van der Waals surface area contributed by atoms with Crippen LogP contribution in [0.5, 0.6) is 0 Å². The Hall–Kier alpha value is -3.68. The average molecular weight is 346 g/mol. The molecule has 0 unspecified atom stereocenters. The lowest BCUT2D eigenvalue weighted by atomic mass is 10.3. The van der Waals surface area contributed by atoms with Crippen LogP contribution in [-0.2, 0) is 0 Å². The first-order chi connectivity index (χ1) is 12.9. The molecule has 0 fully saturated rings. The van der Waals surface area contributed by atoms with Crippen molar-refractivity contribution in [2.75, 3.05) is 23.7 Å². The first-order valence-electron chi connectivity index (χ1n) is 8.30. The second kappa shape index (κ2) is 7.47. The van der Waals surface area contributed by atoms with Crippen molar-refractivity contribution in [2.24, 2.45) is 0 Å². The zero-order valence-corrected chi connectivity index (χ0v) is 14.0. The van der Waals surface area contributed by atoms with Gasteiger partial charge in [-0.15, -0.1) is 0 Å². The number of nitrogens with zero attached hydrogens (tertiary/aromatic N) is 4. The van der Waals surface area contributed by atoms with Crippen LogP contribution in [0, 0.1) is 0 Å². The molecule has 0 aliphatic rings. The number of rotatable bonds is 7. The van der Waals surface area contributed by atoms with Gasteiger partial charge in [0, 0.05) is 37.6 Å². The number of nitrogens with one attached hydrogen (secondary N) is 4. The molecule has 0 aliphatic heterocycles. The number of pyridine rings is 2. The maximum Gasteiger partial charge on any atom is 0.148 e. The number of aromatic nitrogens is 6. The fourth-order valence-electron chi connectivity index (χ4n) is 2.51. The fourth-order valence-corrected chi connectivity index (χ4v) is 2.51. The van der Waals surface area contributed by atoms with E-state index in [0.29, 0.717) is 13.1 Å². The summed E-state index contributed by atoms with van der Waals surface area (Å²) in [6.07, 6.45) is 3.52. The molecule has 0 saturated carbocycles. The summed E-state index contributed by atoms with van der Waals surface area (Å²) in [6.45, 7) is 1.41. The highest BCUT2D eigenvalue weighted by Gasteiger charge is 2.05.